The van der Waals surface area contributed by atoms with E-state index in [0.717, 1.165) is 11.5 Å². The molecule has 0 heterocycles. The molecule has 0 saturated carbocycles. The second-order valence-electron chi connectivity index (χ2n) is 9.09. The van der Waals surface area contributed by atoms with Gasteiger partial charge in [0.15, 0.2) is 0 Å². The Kier molecular flexibility index (Phi) is 18.0. The van der Waals surface area contributed by atoms with E-state index >= 15 is 0 Å². The van der Waals surface area contributed by atoms with Crippen LogP contribution in [-0.4, -0.2) is 48.5 Å². The van der Waals surface area contributed by atoms with Gasteiger partial charge in [-0.25, -0.2) is 0 Å². The largest absolute Gasteiger partial charge is 0.347 e. The number of rotatable bonds is 10. The van der Waals surface area contributed by atoms with Crippen LogP contribution in [0.3, 0.4) is 0 Å². The lowest BCUT2D eigenvalue weighted by atomic mass is 10.2. The van der Waals surface area contributed by atoms with E-state index in [-0.39, 0.29) is 13.1 Å². The average molecular weight is 527 g/mol. The Hall–Kier alpha value is -4.01. The molecule has 2 aromatic rings. The van der Waals surface area contributed by atoms with Gasteiger partial charge in [0.2, 0.25) is 17.6 Å². The minimum absolute atomic E-state index is 0.195. The Labute approximate surface area is 226 Å². The van der Waals surface area contributed by atoms with E-state index in [2.05, 4.69) is 55.9 Å². The molecule has 0 bridgehead atoms. The molecule has 1 atom stereocenters. The fraction of sp³-hybridized carbons (Fsp3) is 0.414. The van der Waals surface area contributed by atoms with Crippen molar-refractivity contribution in [2.24, 2.45) is 5.92 Å². The Bertz CT molecular complexity index is 992. The average Bonchev–Trinajstić information content (AvgIpc) is 2.89. The number of benzene rings is 2. The van der Waals surface area contributed by atoms with Crippen molar-refractivity contribution in [2.75, 3.05) is 13.1 Å². The number of hydrogen-bond donors (Lipinski definition) is 4. The first-order valence-corrected chi connectivity index (χ1v) is 12.8. The molecule has 0 aliphatic carbocycles. The second kappa shape index (κ2) is 20.1. The van der Waals surface area contributed by atoms with Crippen LogP contribution in [0.15, 0.2) is 60.7 Å². The zero-order chi connectivity index (χ0) is 28.9. The molecule has 2 aromatic carbocycles. The van der Waals surface area contributed by atoms with Crippen LogP contribution in [0, 0.1) is 5.92 Å². The molecule has 0 aromatic heterocycles. The highest BCUT2D eigenvalue weighted by atomic mass is 16.2. The fourth-order valence-electron chi connectivity index (χ4n) is 2.49. The summed E-state index contributed by atoms with van der Waals surface area (Å²) in [6, 6.07) is 16.5. The summed E-state index contributed by atoms with van der Waals surface area (Å²) in [5.74, 6) is -2.41. The summed E-state index contributed by atoms with van der Waals surface area (Å²) in [6.07, 6.45) is 1.25. The molecule has 0 aliphatic heterocycles. The zero-order valence-corrected chi connectivity index (χ0v) is 23.3. The van der Waals surface area contributed by atoms with E-state index < -0.39 is 42.0 Å². The van der Waals surface area contributed by atoms with Crippen molar-refractivity contribution in [1.82, 2.24) is 21.3 Å². The molecule has 38 heavy (non-hydrogen) atoms. The van der Waals surface area contributed by atoms with Crippen LogP contribution in [0.5, 0.6) is 0 Å². The van der Waals surface area contributed by atoms with Gasteiger partial charge in [-0.15, -0.1) is 0 Å². The van der Waals surface area contributed by atoms with Gasteiger partial charge >= 0.3 is 0 Å². The van der Waals surface area contributed by atoms with Crippen LogP contribution in [0.1, 0.15) is 63.9 Å². The SMILES string of the molecule is CC(C)C.CC(NC(=O)CNC(=O)c1ccccc1)C(=O)NCC(=O)C(=O)NCc1ccccc1.CCC. The van der Waals surface area contributed by atoms with Gasteiger partial charge in [0.25, 0.3) is 11.8 Å². The van der Waals surface area contributed by atoms with E-state index in [0.29, 0.717) is 5.56 Å². The molecule has 208 valence electrons. The predicted molar refractivity (Wildman–Crippen MR) is 149 cm³/mol. The summed E-state index contributed by atoms with van der Waals surface area (Å²) in [5.41, 5.74) is 1.24. The maximum atomic E-state index is 12.0. The van der Waals surface area contributed by atoms with Gasteiger partial charge in [0.05, 0.1) is 13.1 Å². The first kappa shape index (κ1) is 34.0. The van der Waals surface area contributed by atoms with Crippen molar-refractivity contribution in [3.05, 3.63) is 71.8 Å². The highest BCUT2D eigenvalue weighted by Gasteiger charge is 2.19. The number of nitrogens with one attached hydrogen (secondary N) is 4. The Balaban J connectivity index is 0.00000175. The van der Waals surface area contributed by atoms with Crippen molar-refractivity contribution in [2.45, 2.75) is 60.5 Å². The summed E-state index contributed by atoms with van der Waals surface area (Å²) in [6.45, 7) is 11.6. The lowest BCUT2D eigenvalue weighted by Gasteiger charge is -2.14. The van der Waals surface area contributed by atoms with Gasteiger partial charge in [-0.3, -0.25) is 24.0 Å². The van der Waals surface area contributed by atoms with E-state index in [1.54, 1.807) is 42.5 Å². The van der Waals surface area contributed by atoms with Crippen molar-refractivity contribution in [3.8, 4) is 0 Å². The molecule has 0 radical (unpaired) electrons. The Morgan fingerprint density at radius 3 is 1.74 bits per heavy atom. The van der Waals surface area contributed by atoms with Gasteiger partial charge in [0.1, 0.15) is 6.04 Å². The van der Waals surface area contributed by atoms with Crippen molar-refractivity contribution in [3.63, 3.8) is 0 Å². The van der Waals surface area contributed by atoms with Crippen LogP contribution in [0.4, 0.5) is 0 Å². The van der Waals surface area contributed by atoms with Gasteiger partial charge < -0.3 is 21.3 Å². The quantitative estimate of drug-likeness (QED) is 0.353. The molecule has 9 nitrogen and oxygen atoms in total. The van der Waals surface area contributed by atoms with Crippen LogP contribution >= 0.6 is 0 Å². The molecule has 2 rings (SSSR count). The first-order valence-electron chi connectivity index (χ1n) is 12.8. The molecule has 9 heteroatoms. The molecular weight excluding hydrogens is 484 g/mol. The zero-order valence-electron chi connectivity index (χ0n) is 23.3. The minimum atomic E-state index is -0.957. The summed E-state index contributed by atoms with van der Waals surface area (Å²) >= 11 is 0. The second-order valence-corrected chi connectivity index (χ2v) is 9.09. The predicted octanol–water partition coefficient (Wildman–Crippen LogP) is 3.00. The number of carbonyl (C=O) groups is 5. The van der Waals surface area contributed by atoms with Gasteiger partial charge in [-0.1, -0.05) is 89.6 Å². The lowest BCUT2D eigenvalue weighted by molar-refractivity contribution is -0.138. The molecule has 4 N–H and O–H groups in total. The van der Waals surface area contributed by atoms with E-state index in [4.69, 9.17) is 0 Å². The number of ketones is 1. The van der Waals surface area contributed by atoms with Crippen LogP contribution < -0.4 is 21.3 Å². The van der Waals surface area contributed by atoms with E-state index in [9.17, 15) is 24.0 Å². The van der Waals surface area contributed by atoms with E-state index in [1.165, 1.54) is 13.3 Å². The van der Waals surface area contributed by atoms with Crippen molar-refractivity contribution >= 4 is 29.4 Å². The standard InChI is InChI=1S/C22H24N4O5.C4H10.C3H8/c1-15(26-19(28)14-25-21(30)17-10-6-3-7-11-17)20(29)24-13-18(27)22(31)23-12-16-8-4-2-5-9-16;1-4(2)3;1-3-2/h2-11,15H,12-14H2,1H3,(H,23,31)(H,24,29)(H,25,30)(H,26,28);4H,1-3H3;3H2,1-2H3. The third-order valence-corrected chi connectivity index (χ3v) is 4.19. The summed E-state index contributed by atoms with van der Waals surface area (Å²) in [4.78, 5) is 59.6. The topological polar surface area (TPSA) is 133 Å². The maximum Gasteiger partial charge on any atom is 0.289 e. The van der Waals surface area contributed by atoms with Crippen LogP contribution in [-0.2, 0) is 25.7 Å². The van der Waals surface area contributed by atoms with Crippen molar-refractivity contribution in [1.29, 1.82) is 0 Å². The fourth-order valence-corrected chi connectivity index (χ4v) is 2.49. The molecule has 0 saturated heterocycles. The third kappa shape index (κ3) is 16.6. The summed E-state index contributed by atoms with van der Waals surface area (Å²) in [7, 11) is 0. The normalized spacial score (nSPS) is 10.4. The van der Waals surface area contributed by atoms with Gasteiger partial charge in [-0.05, 0) is 30.5 Å². The minimum Gasteiger partial charge on any atom is -0.347 e. The smallest absolute Gasteiger partial charge is 0.289 e. The first-order chi connectivity index (χ1) is 18.0. The van der Waals surface area contributed by atoms with Crippen LogP contribution in [0.25, 0.3) is 0 Å². The van der Waals surface area contributed by atoms with Gasteiger partial charge in [0, 0.05) is 12.1 Å². The molecule has 0 fully saturated rings. The summed E-state index contributed by atoms with van der Waals surface area (Å²) < 4.78 is 0. The van der Waals surface area contributed by atoms with Crippen LogP contribution in [0.2, 0.25) is 0 Å². The maximum absolute atomic E-state index is 12.0. The monoisotopic (exact) mass is 526 g/mol. The number of carbonyl (C=O) groups excluding carboxylic acids is 5. The third-order valence-electron chi connectivity index (χ3n) is 4.19. The summed E-state index contributed by atoms with van der Waals surface area (Å²) in [5, 5.41) is 9.64. The molecular formula is C29H42N4O5. The lowest BCUT2D eigenvalue weighted by Crippen LogP contribution is -2.49. The Morgan fingerprint density at radius 1 is 0.711 bits per heavy atom. The molecule has 0 spiro atoms. The number of amides is 4. The molecule has 0 aliphatic rings. The Morgan fingerprint density at radius 2 is 1.21 bits per heavy atom. The molecule has 1 unspecified atom stereocenters. The highest BCUT2D eigenvalue weighted by Crippen LogP contribution is 1.98. The van der Waals surface area contributed by atoms with Gasteiger partial charge in [-0.2, -0.15) is 0 Å². The number of hydrogen-bond acceptors (Lipinski definition) is 5. The number of Topliss-reactive ketones (excluding diaryl/α,β-unsaturated/α-hetero) is 1. The molecule has 4 amide bonds. The highest BCUT2D eigenvalue weighted by molar-refractivity contribution is 6.37. The van der Waals surface area contributed by atoms with E-state index in [1.807, 2.05) is 18.2 Å². The van der Waals surface area contributed by atoms with Crippen molar-refractivity contribution < 1.29 is 24.0 Å².